The van der Waals surface area contributed by atoms with Gasteiger partial charge in [0.2, 0.25) is 0 Å². The van der Waals surface area contributed by atoms with Crippen molar-refractivity contribution in [1.82, 2.24) is 4.90 Å². The number of carbonyl (C=O) groups is 1. The third-order valence-corrected chi connectivity index (χ3v) is 5.74. The number of ether oxygens (including phenoxy) is 3. The van der Waals surface area contributed by atoms with Crippen molar-refractivity contribution in [3.05, 3.63) is 95.0 Å². The van der Waals surface area contributed by atoms with E-state index in [0.29, 0.717) is 33.9 Å². The largest absolute Gasteiger partial charge is 0.503 e. The molecule has 7 heteroatoms. The normalized spacial score (nSPS) is 15.7. The molecule has 0 fully saturated rings. The molecule has 1 heterocycles. The van der Waals surface area contributed by atoms with Gasteiger partial charge in [-0.15, -0.1) is 0 Å². The van der Waals surface area contributed by atoms with Crippen LogP contribution in [0.3, 0.4) is 0 Å². The topological polar surface area (TPSA) is 68.2 Å². The Labute approximate surface area is 191 Å². The van der Waals surface area contributed by atoms with E-state index in [0.717, 1.165) is 0 Å². The number of hydrogen-bond acceptors (Lipinski definition) is 5. The maximum atomic E-state index is 15.0. The zero-order chi connectivity index (χ0) is 23.5. The van der Waals surface area contributed by atoms with Crippen molar-refractivity contribution in [3.63, 3.8) is 0 Å². The Bertz CT molecular complexity index is 1210. The third kappa shape index (κ3) is 4.09. The van der Waals surface area contributed by atoms with E-state index in [9.17, 15) is 14.3 Å². The lowest BCUT2D eigenvalue weighted by molar-refractivity contribution is -0.130. The summed E-state index contributed by atoms with van der Waals surface area (Å²) in [6.45, 7) is 0.0920. The van der Waals surface area contributed by atoms with Gasteiger partial charge in [0.15, 0.2) is 5.76 Å². The zero-order valence-corrected chi connectivity index (χ0v) is 18.5. The number of aliphatic hydroxyl groups is 1. The number of hydrogen-bond donors (Lipinski definition) is 1. The Hall–Kier alpha value is -4.00. The third-order valence-electron chi connectivity index (χ3n) is 5.74. The number of methoxy groups -OCH3 is 3. The number of nitrogens with zero attached hydrogens (tertiary/aromatic N) is 1. The second-order valence-corrected chi connectivity index (χ2v) is 7.53. The van der Waals surface area contributed by atoms with Crippen LogP contribution < -0.4 is 14.2 Å². The first-order chi connectivity index (χ1) is 16.0. The summed E-state index contributed by atoms with van der Waals surface area (Å²) in [5.74, 6) is 0.279. The summed E-state index contributed by atoms with van der Waals surface area (Å²) in [6.07, 6.45) is 0. The lowest BCUT2D eigenvalue weighted by atomic mass is 9.93. The molecule has 3 aromatic rings. The monoisotopic (exact) mass is 449 g/mol. The van der Waals surface area contributed by atoms with Crippen molar-refractivity contribution in [2.24, 2.45) is 0 Å². The molecule has 1 unspecified atom stereocenters. The Balaban J connectivity index is 1.82. The van der Waals surface area contributed by atoms with Gasteiger partial charge in [-0.1, -0.05) is 30.3 Å². The van der Waals surface area contributed by atoms with Crippen LogP contribution in [0.2, 0.25) is 0 Å². The average Bonchev–Trinajstić information content (AvgIpc) is 3.09. The van der Waals surface area contributed by atoms with Crippen molar-refractivity contribution in [1.29, 1.82) is 0 Å². The fourth-order valence-electron chi connectivity index (χ4n) is 4.07. The summed E-state index contributed by atoms with van der Waals surface area (Å²) in [5.41, 5.74) is 1.91. The van der Waals surface area contributed by atoms with Crippen LogP contribution >= 0.6 is 0 Å². The molecule has 0 spiro atoms. The molecule has 1 aliphatic rings. The van der Waals surface area contributed by atoms with Crippen molar-refractivity contribution >= 4 is 11.5 Å². The summed E-state index contributed by atoms with van der Waals surface area (Å²) in [5, 5.41) is 10.9. The molecule has 4 rings (SSSR count). The Morgan fingerprint density at radius 2 is 1.58 bits per heavy atom. The minimum atomic E-state index is -0.834. The fourth-order valence-corrected chi connectivity index (χ4v) is 4.07. The molecule has 0 radical (unpaired) electrons. The highest BCUT2D eigenvalue weighted by molar-refractivity contribution is 6.05. The Morgan fingerprint density at radius 1 is 0.909 bits per heavy atom. The molecule has 33 heavy (non-hydrogen) atoms. The van der Waals surface area contributed by atoms with Crippen molar-refractivity contribution < 1.29 is 28.5 Å². The molecule has 0 aliphatic carbocycles. The van der Waals surface area contributed by atoms with Crippen LogP contribution in [0.25, 0.3) is 5.57 Å². The summed E-state index contributed by atoms with van der Waals surface area (Å²) < 4.78 is 30.9. The number of aliphatic hydroxyl groups excluding tert-OH is 1. The highest BCUT2D eigenvalue weighted by Gasteiger charge is 2.42. The lowest BCUT2D eigenvalue weighted by Gasteiger charge is -2.28. The van der Waals surface area contributed by atoms with Gasteiger partial charge in [-0.2, -0.15) is 0 Å². The first kappa shape index (κ1) is 22.2. The van der Waals surface area contributed by atoms with Crippen molar-refractivity contribution in [2.45, 2.75) is 12.6 Å². The number of halogens is 1. The molecule has 1 aliphatic heterocycles. The van der Waals surface area contributed by atoms with Gasteiger partial charge in [-0.25, -0.2) is 4.39 Å². The number of rotatable bonds is 7. The minimum Gasteiger partial charge on any atom is -0.503 e. The van der Waals surface area contributed by atoms with Crippen LogP contribution in [0, 0.1) is 5.82 Å². The van der Waals surface area contributed by atoms with Crippen LogP contribution in [-0.4, -0.2) is 37.2 Å². The average molecular weight is 449 g/mol. The number of benzene rings is 3. The predicted molar refractivity (Wildman–Crippen MR) is 122 cm³/mol. The number of amides is 1. The van der Waals surface area contributed by atoms with Crippen LogP contribution in [-0.2, 0) is 11.3 Å². The first-order valence-corrected chi connectivity index (χ1v) is 10.3. The summed E-state index contributed by atoms with van der Waals surface area (Å²) >= 11 is 0. The quantitative estimate of drug-likeness (QED) is 0.556. The smallest absolute Gasteiger partial charge is 0.290 e. The number of carbonyl (C=O) groups excluding carboxylic acids is 1. The molecule has 0 saturated carbocycles. The molecule has 1 amide bonds. The van der Waals surface area contributed by atoms with E-state index >= 15 is 0 Å². The van der Waals surface area contributed by atoms with E-state index in [4.69, 9.17) is 14.2 Å². The van der Waals surface area contributed by atoms with Gasteiger partial charge in [-0.05, 0) is 35.9 Å². The van der Waals surface area contributed by atoms with Gasteiger partial charge in [-0.3, -0.25) is 4.79 Å². The van der Waals surface area contributed by atoms with Crippen LogP contribution in [0.4, 0.5) is 4.39 Å². The Morgan fingerprint density at radius 3 is 2.21 bits per heavy atom. The predicted octanol–water partition coefficient (Wildman–Crippen LogP) is 4.90. The minimum absolute atomic E-state index is 0.0920. The maximum Gasteiger partial charge on any atom is 0.290 e. The van der Waals surface area contributed by atoms with E-state index in [1.54, 1.807) is 74.9 Å². The second-order valence-electron chi connectivity index (χ2n) is 7.53. The molecule has 0 saturated heterocycles. The van der Waals surface area contributed by atoms with E-state index in [1.807, 2.05) is 0 Å². The van der Waals surface area contributed by atoms with Gasteiger partial charge < -0.3 is 24.2 Å². The van der Waals surface area contributed by atoms with Crippen molar-refractivity contribution in [3.8, 4) is 17.2 Å². The van der Waals surface area contributed by atoms with Gasteiger partial charge in [0.1, 0.15) is 23.1 Å². The Kier molecular flexibility index (Phi) is 6.22. The standard InChI is InChI=1S/C26H24FNO5/c1-31-18-11-8-16(9-12-18)23-24(20-6-4-5-7-21(20)27)28(26(30)25(23)29)15-17-10-13-19(32-2)14-22(17)33-3/h4-14,24,29H,15H2,1-3H3. The molecule has 6 nitrogen and oxygen atoms in total. The highest BCUT2D eigenvalue weighted by atomic mass is 19.1. The van der Waals surface area contributed by atoms with Gasteiger partial charge in [0.05, 0.1) is 33.9 Å². The summed E-state index contributed by atoms with van der Waals surface area (Å²) in [4.78, 5) is 14.7. The first-order valence-electron chi connectivity index (χ1n) is 10.3. The highest BCUT2D eigenvalue weighted by Crippen LogP contribution is 2.45. The van der Waals surface area contributed by atoms with Gasteiger partial charge in [0.25, 0.3) is 5.91 Å². The van der Waals surface area contributed by atoms with E-state index in [1.165, 1.54) is 18.1 Å². The molecule has 1 N–H and O–H groups in total. The molecule has 1 atom stereocenters. The van der Waals surface area contributed by atoms with Crippen LogP contribution in [0.1, 0.15) is 22.7 Å². The molecule has 170 valence electrons. The van der Waals surface area contributed by atoms with Crippen molar-refractivity contribution in [2.75, 3.05) is 21.3 Å². The molecule has 3 aromatic carbocycles. The van der Waals surface area contributed by atoms with E-state index in [2.05, 4.69) is 0 Å². The van der Waals surface area contributed by atoms with E-state index < -0.39 is 23.5 Å². The summed E-state index contributed by atoms with van der Waals surface area (Å²) in [6, 6.07) is 17.6. The van der Waals surface area contributed by atoms with Gasteiger partial charge in [0, 0.05) is 22.8 Å². The van der Waals surface area contributed by atoms with Crippen LogP contribution in [0.5, 0.6) is 17.2 Å². The van der Waals surface area contributed by atoms with E-state index in [-0.39, 0.29) is 12.1 Å². The maximum absolute atomic E-state index is 15.0. The fraction of sp³-hybridized carbons (Fsp3) is 0.192. The van der Waals surface area contributed by atoms with Gasteiger partial charge >= 0.3 is 0 Å². The van der Waals surface area contributed by atoms with Crippen LogP contribution in [0.15, 0.2) is 72.5 Å². The molecular weight excluding hydrogens is 425 g/mol. The molecule has 0 aromatic heterocycles. The zero-order valence-electron chi connectivity index (χ0n) is 18.5. The molecule has 0 bridgehead atoms. The SMILES string of the molecule is COc1ccc(C2=C(O)C(=O)N(Cc3ccc(OC)cc3OC)C2c2ccccc2F)cc1. The molecular formula is C26H24FNO5. The lowest BCUT2D eigenvalue weighted by Crippen LogP contribution is -2.30. The second kappa shape index (κ2) is 9.24. The summed E-state index contributed by atoms with van der Waals surface area (Å²) in [7, 11) is 4.63.